The highest BCUT2D eigenvalue weighted by molar-refractivity contribution is 5.98. The van der Waals surface area contributed by atoms with E-state index in [0.717, 1.165) is 51.8 Å². The van der Waals surface area contributed by atoms with Gasteiger partial charge in [-0.25, -0.2) is 4.39 Å². The summed E-state index contributed by atoms with van der Waals surface area (Å²) in [7, 11) is 1.91. The molecule has 4 aromatic rings. The number of amides is 1. The van der Waals surface area contributed by atoms with E-state index in [1.807, 2.05) is 60.0 Å². The van der Waals surface area contributed by atoms with Crippen molar-refractivity contribution in [2.24, 2.45) is 7.05 Å². The van der Waals surface area contributed by atoms with E-state index in [1.165, 1.54) is 6.07 Å². The number of aromatic nitrogens is 3. The fourth-order valence-corrected chi connectivity index (χ4v) is 5.41. The quantitative estimate of drug-likeness (QED) is 0.378. The number of halogens is 1. The van der Waals surface area contributed by atoms with Gasteiger partial charge in [-0.15, -0.1) is 0 Å². The minimum absolute atomic E-state index is 0.0175. The van der Waals surface area contributed by atoms with Crippen molar-refractivity contribution in [2.45, 2.75) is 52.1 Å². The zero-order valence-electron chi connectivity index (χ0n) is 20.0. The van der Waals surface area contributed by atoms with E-state index in [1.54, 1.807) is 12.3 Å². The molecule has 0 spiro atoms. The lowest BCUT2D eigenvalue weighted by Gasteiger charge is -2.41. The average Bonchev–Trinajstić information content (AvgIpc) is 3.16. The third kappa shape index (κ3) is 3.67. The molecule has 174 valence electrons. The first-order valence-corrected chi connectivity index (χ1v) is 11.9. The van der Waals surface area contributed by atoms with Crippen LogP contribution >= 0.6 is 0 Å². The van der Waals surface area contributed by atoms with Crippen LogP contribution in [0.15, 0.2) is 54.7 Å². The molecule has 1 aliphatic rings. The highest BCUT2D eigenvalue weighted by Gasteiger charge is 2.40. The van der Waals surface area contributed by atoms with Crippen molar-refractivity contribution in [2.75, 3.05) is 0 Å². The molecule has 2 aromatic heterocycles. The Morgan fingerprint density at radius 3 is 2.68 bits per heavy atom. The number of benzene rings is 2. The molecule has 5 nitrogen and oxygen atoms in total. The standard InChI is InChI=1S/C28H29FN4O/c1-5-22-16-23-26(31-32(4)27(23)20-12-17(3)13-21(29)15-20)25(6-2)33(22)28(34)19-9-10-24-18(14-19)8-7-11-30-24/h7-15,22,25H,5-6,16H2,1-4H3/t22-,25+/m0/s1. The summed E-state index contributed by atoms with van der Waals surface area (Å²) in [4.78, 5) is 20.3. The van der Waals surface area contributed by atoms with Gasteiger partial charge in [0.25, 0.3) is 5.91 Å². The van der Waals surface area contributed by atoms with Gasteiger partial charge in [-0.3, -0.25) is 14.5 Å². The molecule has 5 rings (SSSR count). The molecular formula is C28H29FN4O. The third-order valence-electron chi connectivity index (χ3n) is 6.92. The van der Waals surface area contributed by atoms with E-state index in [9.17, 15) is 9.18 Å². The summed E-state index contributed by atoms with van der Waals surface area (Å²) < 4.78 is 16.1. The van der Waals surface area contributed by atoms with Crippen LogP contribution in [0.25, 0.3) is 22.2 Å². The van der Waals surface area contributed by atoms with E-state index in [-0.39, 0.29) is 23.8 Å². The zero-order valence-corrected chi connectivity index (χ0v) is 20.0. The number of hydrogen-bond acceptors (Lipinski definition) is 3. The monoisotopic (exact) mass is 456 g/mol. The van der Waals surface area contributed by atoms with Crippen molar-refractivity contribution < 1.29 is 9.18 Å². The van der Waals surface area contributed by atoms with Gasteiger partial charge in [0.05, 0.1) is 22.9 Å². The number of carbonyl (C=O) groups is 1. The Kier molecular flexibility index (Phi) is 5.68. The molecule has 34 heavy (non-hydrogen) atoms. The lowest BCUT2D eigenvalue weighted by molar-refractivity contribution is 0.0513. The maximum absolute atomic E-state index is 14.2. The van der Waals surface area contributed by atoms with E-state index in [4.69, 9.17) is 5.10 Å². The summed E-state index contributed by atoms with van der Waals surface area (Å²) >= 11 is 0. The first-order valence-electron chi connectivity index (χ1n) is 11.9. The minimum Gasteiger partial charge on any atom is -0.327 e. The molecule has 1 amide bonds. The predicted molar refractivity (Wildman–Crippen MR) is 132 cm³/mol. The van der Waals surface area contributed by atoms with Crippen molar-refractivity contribution in [3.8, 4) is 11.3 Å². The van der Waals surface area contributed by atoms with Crippen molar-refractivity contribution >= 4 is 16.8 Å². The van der Waals surface area contributed by atoms with Crippen LogP contribution in [-0.4, -0.2) is 31.6 Å². The van der Waals surface area contributed by atoms with Crippen LogP contribution in [0.4, 0.5) is 4.39 Å². The van der Waals surface area contributed by atoms with Crippen molar-refractivity contribution in [1.29, 1.82) is 0 Å². The van der Waals surface area contributed by atoms with Gasteiger partial charge < -0.3 is 4.90 Å². The van der Waals surface area contributed by atoms with Crippen LogP contribution in [0, 0.1) is 12.7 Å². The molecular weight excluding hydrogens is 427 g/mol. The van der Waals surface area contributed by atoms with Gasteiger partial charge in [-0.1, -0.05) is 19.9 Å². The Balaban J connectivity index is 1.60. The van der Waals surface area contributed by atoms with Gasteiger partial charge in [-0.2, -0.15) is 5.10 Å². The number of carbonyl (C=O) groups excluding carboxylic acids is 1. The predicted octanol–water partition coefficient (Wildman–Crippen LogP) is 6.01. The van der Waals surface area contributed by atoms with Gasteiger partial charge >= 0.3 is 0 Å². The Morgan fingerprint density at radius 2 is 1.94 bits per heavy atom. The topological polar surface area (TPSA) is 51.0 Å². The fraction of sp³-hybridized carbons (Fsp3) is 0.321. The lowest BCUT2D eigenvalue weighted by atomic mass is 9.87. The summed E-state index contributed by atoms with van der Waals surface area (Å²) in [5.41, 5.74) is 6.23. The van der Waals surface area contributed by atoms with Crippen molar-refractivity contribution in [3.05, 3.63) is 82.9 Å². The van der Waals surface area contributed by atoms with Gasteiger partial charge in [0.15, 0.2) is 0 Å². The summed E-state index contributed by atoms with van der Waals surface area (Å²) in [6, 6.07) is 14.6. The molecule has 0 unspecified atom stereocenters. The SMILES string of the molecule is CC[C@H]1Cc2c(nn(C)c2-c2cc(C)cc(F)c2)[C@@H](CC)N1C(=O)c1ccc2ncccc2c1. The molecule has 1 aliphatic heterocycles. The number of nitrogens with zero attached hydrogens (tertiary/aromatic N) is 4. The first kappa shape index (κ1) is 22.3. The molecule has 3 heterocycles. The van der Waals surface area contributed by atoms with Crippen LogP contribution in [0.5, 0.6) is 0 Å². The van der Waals surface area contributed by atoms with Crippen molar-refractivity contribution in [3.63, 3.8) is 0 Å². The van der Waals surface area contributed by atoms with Gasteiger partial charge in [0.1, 0.15) is 5.82 Å². The second kappa shape index (κ2) is 8.67. The fourth-order valence-electron chi connectivity index (χ4n) is 5.41. The lowest BCUT2D eigenvalue weighted by Crippen LogP contribution is -2.47. The van der Waals surface area contributed by atoms with Crippen LogP contribution in [0.2, 0.25) is 0 Å². The first-order chi connectivity index (χ1) is 16.4. The number of fused-ring (bicyclic) bond motifs is 2. The Morgan fingerprint density at radius 1 is 1.12 bits per heavy atom. The molecule has 2 atom stereocenters. The number of rotatable bonds is 4. The number of aryl methyl sites for hydroxylation is 2. The van der Waals surface area contributed by atoms with E-state index >= 15 is 0 Å². The van der Waals surface area contributed by atoms with Crippen LogP contribution in [0.1, 0.15) is 59.9 Å². The highest BCUT2D eigenvalue weighted by atomic mass is 19.1. The average molecular weight is 457 g/mol. The van der Waals surface area contributed by atoms with Gasteiger partial charge in [0, 0.05) is 41.4 Å². The zero-order chi connectivity index (χ0) is 24.0. The molecule has 6 heteroatoms. The molecule has 2 aromatic carbocycles. The normalized spacial score (nSPS) is 17.7. The molecule has 0 saturated carbocycles. The third-order valence-corrected chi connectivity index (χ3v) is 6.92. The van der Waals surface area contributed by atoms with E-state index in [2.05, 4.69) is 18.8 Å². The maximum Gasteiger partial charge on any atom is 0.254 e. The minimum atomic E-state index is -0.248. The summed E-state index contributed by atoms with van der Waals surface area (Å²) in [5.74, 6) is -0.230. The van der Waals surface area contributed by atoms with Gasteiger partial charge in [-0.05, 0) is 74.2 Å². The van der Waals surface area contributed by atoms with Crippen LogP contribution < -0.4 is 0 Å². The Bertz CT molecular complexity index is 1370. The smallest absolute Gasteiger partial charge is 0.254 e. The Hall–Kier alpha value is -3.54. The van der Waals surface area contributed by atoms with E-state index in [0.29, 0.717) is 12.0 Å². The highest BCUT2D eigenvalue weighted by Crippen LogP contribution is 2.41. The molecule has 0 radical (unpaired) electrons. The summed E-state index contributed by atoms with van der Waals surface area (Å²) in [6.07, 6.45) is 4.03. The molecule has 0 fully saturated rings. The second-order valence-electron chi connectivity index (χ2n) is 9.17. The maximum atomic E-state index is 14.2. The summed E-state index contributed by atoms with van der Waals surface area (Å²) in [5, 5.41) is 5.83. The molecule has 0 N–H and O–H groups in total. The van der Waals surface area contributed by atoms with Gasteiger partial charge in [0.2, 0.25) is 0 Å². The molecule has 0 aliphatic carbocycles. The van der Waals surface area contributed by atoms with Crippen LogP contribution in [-0.2, 0) is 13.5 Å². The van der Waals surface area contributed by atoms with Crippen molar-refractivity contribution in [1.82, 2.24) is 19.7 Å². The number of pyridine rings is 1. The van der Waals surface area contributed by atoms with E-state index < -0.39 is 0 Å². The molecule has 0 bridgehead atoms. The molecule has 0 saturated heterocycles. The van der Waals surface area contributed by atoms with Crippen LogP contribution in [0.3, 0.4) is 0 Å². The largest absolute Gasteiger partial charge is 0.327 e. The number of hydrogen-bond donors (Lipinski definition) is 0. The Labute approximate surface area is 199 Å². The second-order valence-corrected chi connectivity index (χ2v) is 9.17. The summed E-state index contributed by atoms with van der Waals surface area (Å²) in [6.45, 7) is 6.12.